The summed E-state index contributed by atoms with van der Waals surface area (Å²) in [6, 6.07) is 4.00. The van der Waals surface area contributed by atoms with Crippen molar-refractivity contribution in [1.82, 2.24) is 10.6 Å². The van der Waals surface area contributed by atoms with Crippen LogP contribution in [0.5, 0.6) is 0 Å². The van der Waals surface area contributed by atoms with Gasteiger partial charge >= 0.3 is 12.0 Å². The minimum atomic E-state index is -1.02. The Morgan fingerprint density at radius 3 is 2.46 bits per heavy atom. The third-order valence-corrected chi connectivity index (χ3v) is 4.07. The van der Waals surface area contributed by atoms with Gasteiger partial charge in [-0.25, -0.2) is 4.79 Å². The first-order chi connectivity index (χ1) is 11.3. The molecule has 0 saturated heterocycles. The van der Waals surface area contributed by atoms with Crippen LogP contribution in [0, 0.1) is 19.8 Å². The van der Waals surface area contributed by atoms with Gasteiger partial charge in [0.2, 0.25) is 5.91 Å². The Kier molecular flexibility index (Phi) is 7.38. The molecule has 1 aromatic rings. The predicted molar refractivity (Wildman–Crippen MR) is 92.0 cm³/mol. The molecule has 0 saturated carbocycles. The minimum absolute atomic E-state index is 0.126. The highest BCUT2D eigenvalue weighted by atomic mass is 16.4. The van der Waals surface area contributed by atoms with Crippen molar-refractivity contribution in [3.8, 4) is 0 Å². The number of amides is 3. The molecule has 0 aromatic heterocycles. The molecule has 0 aliphatic heterocycles. The van der Waals surface area contributed by atoms with Crippen LogP contribution in [0.1, 0.15) is 31.4 Å². The second-order valence-electron chi connectivity index (χ2n) is 5.83. The summed E-state index contributed by atoms with van der Waals surface area (Å²) in [4.78, 5) is 34.8. The fraction of sp³-hybridized carbons (Fsp3) is 0.471. The molecule has 4 N–H and O–H groups in total. The van der Waals surface area contributed by atoms with Crippen molar-refractivity contribution in [2.75, 3.05) is 11.9 Å². The van der Waals surface area contributed by atoms with Gasteiger partial charge in [-0.15, -0.1) is 0 Å². The molecule has 7 nitrogen and oxygen atoms in total. The molecule has 0 aliphatic rings. The first kappa shape index (κ1) is 19.6. The summed E-state index contributed by atoms with van der Waals surface area (Å²) in [5, 5.41) is 16.6. The van der Waals surface area contributed by atoms with Crippen molar-refractivity contribution >= 4 is 23.6 Å². The second-order valence-corrected chi connectivity index (χ2v) is 5.83. The summed E-state index contributed by atoms with van der Waals surface area (Å²) >= 11 is 0. The van der Waals surface area contributed by atoms with Crippen molar-refractivity contribution in [3.05, 3.63) is 29.3 Å². The van der Waals surface area contributed by atoms with Gasteiger partial charge in [-0.2, -0.15) is 0 Å². The number of hydrogen-bond acceptors (Lipinski definition) is 4. The number of anilines is 1. The molecule has 2 atom stereocenters. The van der Waals surface area contributed by atoms with Gasteiger partial charge in [-0.3, -0.25) is 20.2 Å². The molecule has 0 radical (unpaired) electrons. The van der Waals surface area contributed by atoms with Crippen molar-refractivity contribution in [2.45, 2.75) is 40.2 Å². The molecule has 0 aliphatic carbocycles. The molecule has 24 heavy (non-hydrogen) atoms. The Morgan fingerprint density at radius 1 is 1.21 bits per heavy atom. The first-order valence-electron chi connectivity index (χ1n) is 7.89. The van der Waals surface area contributed by atoms with E-state index in [1.54, 1.807) is 13.0 Å². The molecule has 0 fully saturated rings. The van der Waals surface area contributed by atoms with E-state index in [2.05, 4.69) is 16.0 Å². The van der Waals surface area contributed by atoms with Gasteiger partial charge < -0.3 is 10.4 Å². The van der Waals surface area contributed by atoms with Crippen molar-refractivity contribution in [3.63, 3.8) is 0 Å². The molecule has 0 unspecified atom stereocenters. The quantitative estimate of drug-likeness (QED) is 0.610. The highest BCUT2D eigenvalue weighted by Gasteiger charge is 2.23. The molecule has 1 rings (SSSR count). The van der Waals surface area contributed by atoms with Crippen molar-refractivity contribution < 1.29 is 19.5 Å². The average Bonchev–Trinajstić information content (AvgIpc) is 2.51. The lowest BCUT2D eigenvalue weighted by Gasteiger charge is -2.19. The van der Waals surface area contributed by atoms with E-state index in [0.717, 1.165) is 11.1 Å². The summed E-state index contributed by atoms with van der Waals surface area (Å²) in [6.07, 6.45) is 0.665. The van der Waals surface area contributed by atoms with Crippen LogP contribution >= 0.6 is 0 Å². The highest BCUT2D eigenvalue weighted by molar-refractivity contribution is 6.02. The maximum atomic E-state index is 11.9. The standard InChI is InChI=1S/C17H25N3O4/c1-5-10(2)15(16(22)23)18-9-14(21)20-17(24)19-13-8-6-7-11(3)12(13)4/h6-8,10,15,18H,5,9H2,1-4H3,(H,22,23)(H2,19,20,21,24)/t10-,15-/m0/s1. The third kappa shape index (κ3) is 5.66. The molecule has 0 heterocycles. The van der Waals surface area contributed by atoms with Gasteiger partial charge in [-0.1, -0.05) is 32.4 Å². The summed E-state index contributed by atoms with van der Waals surface area (Å²) < 4.78 is 0. The van der Waals surface area contributed by atoms with E-state index in [1.807, 2.05) is 32.9 Å². The number of benzene rings is 1. The number of carboxylic acid groups (broad SMARTS) is 1. The number of carbonyl (C=O) groups excluding carboxylic acids is 2. The van der Waals surface area contributed by atoms with Gasteiger partial charge in [0.1, 0.15) is 6.04 Å². The Labute approximate surface area is 141 Å². The van der Waals surface area contributed by atoms with E-state index >= 15 is 0 Å². The number of urea groups is 1. The average molecular weight is 335 g/mol. The van der Waals surface area contributed by atoms with Gasteiger partial charge in [0.05, 0.1) is 6.54 Å². The Morgan fingerprint density at radius 2 is 1.88 bits per heavy atom. The molecule has 7 heteroatoms. The number of carboxylic acids is 1. The molecular weight excluding hydrogens is 310 g/mol. The van der Waals surface area contributed by atoms with Crippen LogP contribution in [0.4, 0.5) is 10.5 Å². The molecule has 3 amide bonds. The van der Waals surface area contributed by atoms with Crippen LogP contribution in [0.15, 0.2) is 18.2 Å². The van der Waals surface area contributed by atoms with Crippen molar-refractivity contribution in [2.24, 2.45) is 5.92 Å². The number of carbonyl (C=O) groups is 3. The molecule has 1 aromatic carbocycles. The molecule has 0 spiro atoms. The number of aliphatic carboxylic acids is 1. The van der Waals surface area contributed by atoms with E-state index < -0.39 is 23.9 Å². The van der Waals surface area contributed by atoms with Crippen LogP contribution in [-0.2, 0) is 9.59 Å². The number of aryl methyl sites for hydroxylation is 1. The minimum Gasteiger partial charge on any atom is -0.480 e. The number of nitrogens with one attached hydrogen (secondary N) is 3. The van der Waals surface area contributed by atoms with E-state index in [-0.39, 0.29) is 12.5 Å². The van der Waals surface area contributed by atoms with E-state index in [4.69, 9.17) is 5.11 Å². The topological polar surface area (TPSA) is 108 Å². The SMILES string of the molecule is CC[C@H](C)[C@H](NCC(=O)NC(=O)Nc1cccc(C)c1C)C(=O)O. The number of hydrogen-bond donors (Lipinski definition) is 4. The van der Waals surface area contributed by atoms with Crippen LogP contribution in [0.2, 0.25) is 0 Å². The largest absolute Gasteiger partial charge is 0.480 e. The zero-order chi connectivity index (χ0) is 18.3. The number of rotatable bonds is 7. The maximum absolute atomic E-state index is 11.9. The van der Waals surface area contributed by atoms with E-state index in [0.29, 0.717) is 12.1 Å². The van der Waals surface area contributed by atoms with Gasteiger partial charge in [0.25, 0.3) is 0 Å². The summed E-state index contributed by atoms with van der Waals surface area (Å²) in [5.41, 5.74) is 2.57. The third-order valence-electron chi connectivity index (χ3n) is 4.07. The zero-order valence-corrected chi connectivity index (χ0v) is 14.5. The van der Waals surface area contributed by atoms with E-state index in [1.165, 1.54) is 0 Å². The Hall–Kier alpha value is -2.41. The van der Waals surface area contributed by atoms with E-state index in [9.17, 15) is 14.4 Å². The van der Waals surface area contributed by atoms with Crippen molar-refractivity contribution in [1.29, 1.82) is 0 Å². The maximum Gasteiger partial charge on any atom is 0.325 e. The lowest BCUT2D eigenvalue weighted by Crippen LogP contribution is -2.47. The van der Waals surface area contributed by atoms with Crippen LogP contribution < -0.4 is 16.0 Å². The smallest absolute Gasteiger partial charge is 0.325 e. The monoisotopic (exact) mass is 335 g/mol. The lowest BCUT2D eigenvalue weighted by atomic mass is 9.99. The predicted octanol–water partition coefficient (Wildman–Crippen LogP) is 2.04. The normalized spacial score (nSPS) is 13.0. The number of imide groups is 1. The summed E-state index contributed by atoms with van der Waals surface area (Å²) in [5.74, 6) is -1.73. The first-order valence-corrected chi connectivity index (χ1v) is 7.89. The lowest BCUT2D eigenvalue weighted by molar-refractivity contribution is -0.140. The fourth-order valence-electron chi connectivity index (χ4n) is 2.18. The fourth-order valence-corrected chi connectivity index (χ4v) is 2.18. The van der Waals surface area contributed by atoms with Gasteiger partial charge in [0.15, 0.2) is 0 Å². The van der Waals surface area contributed by atoms with Crippen LogP contribution in [0.25, 0.3) is 0 Å². The van der Waals surface area contributed by atoms with Crippen LogP contribution in [0.3, 0.4) is 0 Å². The summed E-state index contributed by atoms with van der Waals surface area (Å²) in [7, 11) is 0. The Balaban J connectivity index is 2.54. The highest BCUT2D eigenvalue weighted by Crippen LogP contribution is 2.17. The molecule has 132 valence electrons. The summed E-state index contributed by atoms with van der Waals surface area (Å²) in [6.45, 7) is 7.21. The zero-order valence-electron chi connectivity index (χ0n) is 14.5. The van der Waals surface area contributed by atoms with Gasteiger partial charge in [-0.05, 0) is 37.0 Å². The Bertz CT molecular complexity index is 616. The van der Waals surface area contributed by atoms with Gasteiger partial charge in [0, 0.05) is 5.69 Å². The molecular formula is C17H25N3O4. The second kappa shape index (κ2) is 9.02. The molecule has 0 bridgehead atoms. The van der Waals surface area contributed by atoms with Crippen LogP contribution in [-0.4, -0.2) is 35.6 Å².